The molecular formula is C21H23FN4O4S. The second kappa shape index (κ2) is 10.2. The second-order valence-corrected chi connectivity index (χ2v) is 8.45. The molecule has 0 unspecified atom stereocenters. The molecular weight excluding hydrogens is 423 g/mol. The molecule has 8 nitrogen and oxygen atoms in total. The van der Waals surface area contributed by atoms with Crippen molar-refractivity contribution in [2.45, 2.75) is 20.4 Å². The van der Waals surface area contributed by atoms with Gasteiger partial charge in [0.25, 0.3) is 10.2 Å². The van der Waals surface area contributed by atoms with Gasteiger partial charge >= 0.3 is 5.97 Å². The van der Waals surface area contributed by atoms with Gasteiger partial charge in [0.2, 0.25) is 0 Å². The van der Waals surface area contributed by atoms with Crippen molar-refractivity contribution >= 4 is 16.2 Å². The average Bonchev–Trinajstić information content (AvgIpc) is 2.67. The van der Waals surface area contributed by atoms with Gasteiger partial charge in [0.05, 0.1) is 11.3 Å². The fourth-order valence-electron chi connectivity index (χ4n) is 2.60. The molecule has 0 fully saturated rings. The summed E-state index contributed by atoms with van der Waals surface area (Å²) in [6.45, 7) is 3.84. The van der Waals surface area contributed by atoms with Crippen molar-refractivity contribution in [3.05, 3.63) is 82.9 Å². The standard InChI is InChI=1S/C12H9FN2O2.C9H14N2O2S/c1-7-10(12(16)17)6-14-11(15-7)8-3-2-4-9(13)5-8;1-8-4-3-5-9(6-8)7-11(2)14(10,12)13/h2-6H,1H3,(H,16,17);3-6H,7H2,1-2H3,(H2,10,12,13). The highest BCUT2D eigenvalue weighted by Gasteiger charge is 2.12. The van der Waals surface area contributed by atoms with Crippen LogP contribution < -0.4 is 5.14 Å². The second-order valence-electron chi connectivity index (χ2n) is 6.80. The van der Waals surface area contributed by atoms with Gasteiger partial charge in [-0.05, 0) is 31.5 Å². The molecule has 2 aromatic carbocycles. The smallest absolute Gasteiger partial charge is 0.339 e. The topological polar surface area (TPSA) is 126 Å². The van der Waals surface area contributed by atoms with Crippen molar-refractivity contribution in [2.24, 2.45) is 5.14 Å². The monoisotopic (exact) mass is 446 g/mol. The third kappa shape index (κ3) is 7.21. The van der Waals surface area contributed by atoms with E-state index < -0.39 is 16.2 Å². The molecule has 1 aromatic heterocycles. The maximum absolute atomic E-state index is 13.0. The molecule has 3 N–H and O–H groups in total. The Balaban J connectivity index is 0.000000225. The van der Waals surface area contributed by atoms with Crippen molar-refractivity contribution in [3.8, 4) is 11.4 Å². The van der Waals surface area contributed by atoms with E-state index >= 15 is 0 Å². The molecule has 0 amide bonds. The number of carbonyl (C=O) groups is 1. The number of rotatable bonds is 5. The van der Waals surface area contributed by atoms with Crippen molar-refractivity contribution in [1.82, 2.24) is 14.3 Å². The van der Waals surface area contributed by atoms with E-state index in [-0.39, 0.29) is 11.4 Å². The van der Waals surface area contributed by atoms with E-state index in [0.717, 1.165) is 15.4 Å². The Morgan fingerprint density at radius 2 is 1.84 bits per heavy atom. The van der Waals surface area contributed by atoms with Gasteiger partial charge in [-0.25, -0.2) is 24.3 Å². The first-order valence-corrected chi connectivity index (χ1v) is 10.6. The Kier molecular flexibility index (Phi) is 7.92. The highest BCUT2D eigenvalue weighted by molar-refractivity contribution is 7.86. The van der Waals surface area contributed by atoms with Gasteiger partial charge < -0.3 is 5.11 Å². The zero-order valence-electron chi connectivity index (χ0n) is 17.3. The fraction of sp³-hybridized carbons (Fsp3) is 0.190. The molecule has 164 valence electrons. The number of aryl methyl sites for hydroxylation is 2. The van der Waals surface area contributed by atoms with E-state index in [1.807, 2.05) is 31.2 Å². The molecule has 0 aliphatic carbocycles. The lowest BCUT2D eigenvalue weighted by molar-refractivity contribution is 0.0695. The van der Waals surface area contributed by atoms with Crippen LogP contribution in [0.5, 0.6) is 0 Å². The summed E-state index contributed by atoms with van der Waals surface area (Å²) in [5.41, 5.74) is 2.95. The summed E-state index contributed by atoms with van der Waals surface area (Å²) in [4.78, 5) is 18.7. The van der Waals surface area contributed by atoms with Gasteiger partial charge in [0.1, 0.15) is 5.82 Å². The molecule has 0 spiro atoms. The summed E-state index contributed by atoms with van der Waals surface area (Å²) in [6, 6.07) is 13.5. The lowest BCUT2D eigenvalue weighted by atomic mass is 10.1. The Labute approximate surface area is 180 Å². The van der Waals surface area contributed by atoms with Crippen LogP contribution in [0.25, 0.3) is 11.4 Å². The summed E-state index contributed by atoms with van der Waals surface area (Å²) >= 11 is 0. The van der Waals surface area contributed by atoms with Crippen LogP contribution in [0.2, 0.25) is 0 Å². The van der Waals surface area contributed by atoms with Crippen LogP contribution in [-0.4, -0.2) is 40.8 Å². The number of aromatic nitrogens is 2. The summed E-state index contributed by atoms with van der Waals surface area (Å²) < 4.78 is 36.0. The maximum Gasteiger partial charge on any atom is 0.339 e. The molecule has 0 aliphatic heterocycles. The highest BCUT2D eigenvalue weighted by atomic mass is 32.2. The van der Waals surface area contributed by atoms with Crippen molar-refractivity contribution in [1.29, 1.82) is 0 Å². The molecule has 3 aromatic rings. The zero-order valence-corrected chi connectivity index (χ0v) is 18.1. The van der Waals surface area contributed by atoms with E-state index in [0.29, 0.717) is 23.6 Å². The summed E-state index contributed by atoms with van der Waals surface area (Å²) in [6.07, 6.45) is 1.23. The van der Waals surface area contributed by atoms with Gasteiger partial charge in [0.15, 0.2) is 5.82 Å². The SMILES string of the molecule is Cc1cccc(CN(C)S(N)(=O)=O)c1.Cc1nc(-c2cccc(F)c2)ncc1C(=O)O. The zero-order chi connectivity index (χ0) is 23.2. The van der Waals surface area contributed by atoms with Crippen LogP contribution >= 0.6 is 0 Å². The van der Waals surface area contributed by atoms with Crippen LogP contribution in [0, 0.1) is 19.7 Å². The highest BCUT2D eigenvalue weighted by Crippen LogP contribution is 2.17. The number of nitrogens with zero attached hydrogens (tertiary/aromatic N) is 3. The summed E-state index contributed by atoms with van der Waals surface area (Å²) in [5.74, 6) is -1.15. The molecule has 0 atom stereocenters. The van der Waals surface area contributed by atoms with E-state index in [1.165, 1.54) is 25.4 Å². The normalized spacial score (nSPS) is 11.0. The Hall–Kier alpha value is -3.21. The predicted octanol–water partition coefficient (Wildman–Crippen LogP) is 2.92. The van der Waals surface area contributed by atoms with Gasteiger partial charge in [0, 0.05) is 25.4 Å². The van der Waals surface area contributed by atoms with Crippen LogP contribution in [0.15, 0.2) is 54.7 Å². The lowest BCUT2D eigenvalue weighted by Gasteiger charge is -2.13. The first-order chi connectivity index (χ1) is 14.5. The Morgan fingerprint density at radius 1 is 1.16 bits per heavy atom. The van der Waals surface area contributed by atoms with Gasteiger partial charge in [-0.2, -0.15) is 12.7 Å². The van der Waals surface area contributed by atoms with Crippen molar-refractivity contribution < 1.29 is 22.7 Å². The van der Waals surface area contributed by atoms with E-state index in [2.05, 4.69) is 9.97 Å². The summed E-state index contributed by atoms with van der Waals surface area (Å²) in [5, 5.41) is 13.8. The molecule has 0 radical (unpaired) electrons. The van der Waals surface area contributed by atoms with Crippen LogP contribution in [0.3, 0.4) is 0 Å². The quantitative estimate of drug-likeness (QED) is 0.620. The van der Waals surface area contributed by atoms with Crippen LogP contribution in [0.1, 0.15) is 27.2 Å². The van der Waals surface area contributed by atoms with E-state index in [4.69, 9.17) is 10.2 Å². The Bertz CT molecular complexity index is 1190. The number of benzene rings is 2. The largest absolute Gasteiger partial charge is 0.478 e. The third-order valence-electron chi connectivity index (χ3n) is 4.21. The molecule has 0 saturated carbocycles. The maximum atomic E-state index is 13.0. The van der Waals surface area contributed by atoms with Crippen molar-refractivity contribution in [3.63, 3.8) is 0 Å². The summed E-state index contributed by atoms with van der Waals surface area (Å²) in [7, 11) is -2.12. The van der Waals surface area contributed by atoms with Crippen molar-refractivity contribution in [2.75, 3.05) is 7.05 Å². The number of hydrogen-bond acceptors (Lipinski definition) is 5. The Morgan fingerprint density at radius 3 is 2.39 bits per heavy atom. The molecule has 0 bridgehead atoms. The molecule has 3 rings (SSSR count). The molecule has 10 heteroatoms. The molecule has 31 heavy (non-hydrogen) atoms. The lowest BCUT2D eigenvalue weighted by Crippen LogP contribution is -2.32. The van der Waals surface area contributed by atoms with Gasteiger partial charge in [-0.15, -0.1) is 0 Å². The van der Waals surface area contributed by atoms with E-state index in [9.17, 15) is 17.6 Å². The molecule has 1 heterocycles. The first kappa shape index (κ1) is 24.1. The molecule has 0 aliphatic rings. The predicted molar refractivity (Wildman–Crippen MR) is 115 cm³/mol. The minimum Gasteiger partial charge on any atom is -0.478 e. The number of nitrogens with two attached hydrogens (primary N) is 1. The number of carboxylic acid groups (broad SMARTS) is 1. The van der Waals surface area contributed by atoms with Gasteiger partial charge in [-0.3, -0.25) is 0 Å². The van der Waals surface area contributed by atoms with Crippen LogP contribution in [0.4, 0.5) is 4.39 Å². The number of carboxylic acids is 1. The molecule has 0 saturated heterocycles. The third-order valence-corrected chi connectivity index (χ3v) is 5.21. The minimum absolute atomic E-state index is 0.0464. The number of aromatic carboxylic acids is 1. The van der Waals surface area contributed by atoms with Crippen LogP contribution in [-0.2, 0) is 16.8 Å². The average molecular weight is 447 g/mol. The fourth-order valence-corrected chi connectivity index (χ4v) is 2.93. The van der Waals surface area contributed by atoms with Gasteiger partial charge in [-0.1, -0.05) is 42.0 Å². The van der Waals surface area contributed by atoms with E-state index in [1.54, 1.807) is 19.1 Å². The first-order valence-electron chi connectivity index (χ1n) is 9.10. The number of hydrogen-bond donors (Lipinski definition) is 2. The number of halogens is 1. The minimum atomic E-state index is -3.58.